The number of aryl methyl sites for hydroxylation is 1. The minimum atomic E-state index is -3.63. The molecule has 6 heteroatoms. The van der Waals surface area contributed by atoms with Crippen molar-refractivity contribution in [2.24, 2.45) is 0 Å². The molecular formula is C25H28N2O3S. The van der Waals surface area contributed by atoms with E-state index in [4.69, 9.17) is 0 Å². The lowest BCUT2D eigenvalue weighted by atomic mass is 9.90. The maximum absolute atomic E-state index is 13.3. The van der Waals surface area contributed by atoms with E-state index in [1.165, 1.54) is 4.31 Å². The van der Waals surface area contributed by atoms with Crippen LogP contribution in [0, 0.1) is 6.92 Å². The van der Waals surface area contributed by atoms with Crippen molar-refractivity contribution in [1.82, 2.24) is 4.31 Å². The Bertz CT molecular complexity index is 1090. The Morgan fingerprint density at radius 1 is 0.871 bits per heavy atom. The van der Waals surface area contributed by atoms with E-state index >= 15 is 0 Å². The van der Waals surface area contributed by atoms with Crippen LogP contribution >= 0.6 is 0 Å². The van der Waals surface area contributed by atoms with Crippen molar-refractivity contribution in [3.63, 3.8) is 0 Å². The van der Waals surface area contributed by atoms with Gasteiger partial charge in [-0.3, -0.25) is 4.79 Å². The molecule has 0 fully saturated rings. The third kappa shape index (κ3) is 5.03. The fourth-order valence-corrected chi connectivity index (χ4v) is 5.37. The zero-order valence-corrected chi connectivity index (χ0v) is 18.9. The summed E-state index contributed by atoms with van der Waals surface area (Å²) in [6, 6.07) is 24.1. The summed E-state index contributed by atoms with van der Waals surface area (Å²) in [5.74, 6) is -0.723. The second-order valence-electron chi connectivity index (χ2n) is 7.31. The molecular weight excluding hydrogens is 408 g/mol. The Balaban J connectivity index is 1.96. The average molecular weight is 437 g/mol. The number of nitrogens with zero attached hydrogens (tertiary/aromatic N) is 1. The molecule has 0 aliphatic heterocycles. The van der Waals surface area contributed by atoms with Crippen molar-refractivity contribution >= 4 is 21.6 Å². The summed E-state index contributed by atoms with van der Waals surface area (Å²) >= 11 is 0. The maximum atomic E-state index is 13.3. The zero-order chi connectivity index (χ0) is 22.4. The largest absolute Gasteiger partial charge is 0.325 e. The van der Waals surface area contributed by atoms with Gasteiger partial charge in [0, 0.05) is 18.8 Å². The number of carbonyl (C=O) groups is 1. The van der Waals surface area contributed by atoms with Crippen molar-refractivity contribution in [1.29, 1.82) is 0 Å². The monoisotopic (exact) mass is 436 g/mol. The molecule has 0 heterocycles. The highest BCUT2D eigenvalue weighted by Gasteiger charge is 2.26. The summed E-state index contributed by atoms with van der Waals surface area (Å²) in [5.41, 5.74) is 2.84. The molecule has 0 aliphatic rings. The van der Waals surface area contributed by atoms with Crippen LogP contribution in [-0.2, 0) is 14.8 Å². The normalized spacial score (nSPS) is 11.6. The van der Waals surface area contributed by atoms with Gasteiger partial charge in [0.15, 0.2) is 0 Å². The lowest BCUT2D eigenvalue weighted by Gasteiger charge is -2.21. The highest BCUT2D eigenvalue weighted by atomic mass is 32.2. The fourth-order valence-electron chi connectivity index (χ4n) is 3.66. The first-order valence-corrected chi connectivity index (χ1v) is 11.8. The second kappa shape index (κ2) is 9.90. The minimum absolute atomic E-state index is 0.213. The fraction of sp³-hybridized carbons (Fsp3) is 0.240. The Labute approximate surface area is 184 Å². The van der Waals surface area contributed by atoms with E-state index in [2.05, 4.69) is 5.32 Å². The van der Waals surface area contributed by atoms with Gasteiger partial charge in [-0.15, -0.1) is 0 Å². The number of anilines is 1. The Morgan fingerprint density at radius 2 is 1.39 bits per heavy atom. The first-order valence-electron chi connectivity index (χ1n) is 10.4. The molecule has 0 atom stereocenters. The van der Waals surface area contributed by atoms with Gasteiger partial charge < -0.3 is 5.32 Å². The number of rotatable bonds is 8. The molecule has 5 nitrogen and oxygen atoms in total. The Morgan fingerprint density at radius 3 is 1.87 bits per heavy atom. The van der Waals surface area contributed by atoms with Gasteiger partial charge >= 0.3 is 0 Å². The van der Waals surface area contributed by atoms with Gasteiger partial charge in [-0.05, 0) is 35.7 Å². The van der Waals surface area contributed by atoms with Gasteiger partial charge in [0.05, 0.1) is 10.8 Å². The summed E-state index contributed by atoms with van der Waals surface area (Å²) in [5, 5.41) is 2.93. The van der Waals surface area contributed by atoms with E-state index in [1.807, 2.05) is 74.5 Å². The number of benzene rings is 3. The number of sulfonamides is 1. The lowest BCUT2D eigenvalue weighted by molar-refractivity contribution is -0.116. The molecule has 0 aromatic heterocycles. The smallest absolute Gasteiger partial charge is 0.243 e. The lowest BCUT2D eigenvalue weighted by Crippen LogP contribution is -2.31. The Hall–Kier alpha value is -2.96. The van der Waals surface area contributed by atoms with Crippen LogP contribution in [0.5, 0.6) is 0 Å². The van der Waals surface area contributed by atoms with Gasteiger partial charge in [-0.25, -0.2) is 8.42 Å². The summed E-state index contributed by atoms with van der Waals surface area (Å²) in [6.07, 6.45) is 0. The summed E-state index contributed by atoms with van der Waals surface area (Å²) < 4.78 is 27.5. The number of hydrogen-bond acceptors (Lipinski definition) is 3. The van der Waals surface area contributed by atoms with Crippen molar-refractivity contribution in [3.8, 4) is 0 Å². The predicted molar refractivity (Wildman–Crippen MR) is 125 cm³/mol. The second-order valence-corrected chi connectivity index (χ2v) is 9.22. The molecule has 162 valence electrons. The first kappa shape index (κ1) is 22.7. The standard InChI is InChI=1S/C25H28N2O3S/c1-4-27(5-2)31(29,30)23-18-22(17-16-19(23)3)26-25(28)24(20-12-8-6-9-13-20)21-14-10-7-11-15-21/h6-18,24H,4-5H2,1-3H3,(H,26,28). The molecule has 3 aromatic rings. The predicted octanol–water partition coefficient (Wildman–Crippen LogP) is 4.80. The summed E-state index contributed by atoms with van der Waals surface area (Å²) in [7, 11) is -3.63. The SMILES string of the molecule is CCN(CC)S(=O)(=O)c1cc(NC(=O)C(c2ccccc2)c2ccccc2)ccc1C. The molecule has 0 bridgehead atoms. The van der Waals surface area contributed by atoms with Gasteiger partial charge in [0.25, 0.3) is 0 Å². The molecule has 0 aliphatic carbocycles. The van der Waals surface area contributed by atoms with E-state index in [9.17, 15) is 13.2 Å². The summed E-state index contributed by atoms with van der Waals surface area (Å²) in [6.45, 7) is 6.16. The number of amides is 1. The van der Waals surface area contributed by atoms with Crippen molar-refractivity contribution in [2.45, 2.75) is 31.6 Å². The quantitative estimate of drug-likeness (QED) is 0.552. The van der Waals surface area contributed by atoms with Gasteiger partial charge in [0.1, 0.15) is 0 Å². The van der Waals surface area contributed by atoms with E-state index in [1.54, 1.807) is 25.1 Å². The van der Waals surface area contributed by atoms with Gasteiger partial charge in [0.2, 0.25) is 15.9 Å². The molecule has 0 radical (unpaired) electrons. The Kier molecular flexibility index (Phi) is 7.25. The van der Waals surface area contributed by atoms with E-state index < -0.39 is 15.9 Å². The van der Waals surface area contributed by atoms with Crippen LogP contribution in [0.2, 0.25) is 0 Å². The number of hydrogen-bond donors (Lipinski definition) is 1. The highest BCUT2D eigenvalue weighted by molar-refractivity contribution is 7.89. The molecule has 3 rings (SSSR count). The third-order valence-corrected chi connectivity index (χ3v) is 7.50. The first-order chi connectivity index (χ1) is 14.9. The van der Waals surface area contributed by atoms with Gasteiger partial charge in [-0.1, -0.05) is 80.6 Å². The minimum Gasteiger partial charge on any atom is -0.325 e. The third-order valence-electron chi connectivity index (χ3n) is 5.31. The molecule has 0 spiro atoms. The topological polar surface area (TPSA) is 66.5 Å². The van der Waals surface area contributed by atoms with Gasteiger partial charge in [-0.2, -0.15) is 4.31 Å². The molecule has 1 amide bonds. The summed E-state index contributed by atoms with van der Waals surface area (Å²) in [4.78, 5) is 13.5. The maximum Gasteiger partial charge on any atom is 0.243 e. The van der Waals surface area contributed by atoms with Crippen LogP contribution in [0.1, 0.15) is 36.5 Å². The van der Waals surface area contributed by atoms with E-state index in [0.717, 1.165) is 11.1 Å². The van der Waals surface area contributed by atoms with E-state index in [-0.39, 0.29) is 10.8 Å². The van der Waals surface area contributed by atoms with E-state index in [0.29, 0.717) is 24.3 Å². The molecule has 0 saturated carbocycles. The van der Waals surface area contributed by atoms with Crippen molar-refractivity contribution < 1.29 is 13.2 Å². The van der Waals surface area contributed by atoms with Crippen LogP contribution in [0.4, 0.5) is 5.69 Å². The highest BCUT2D eigenvalue weighted by Crippen LogP contribution is 2.28. The number of carbonyl (C=O) groups excluding carboxylic acids is 1. The van der Waals surface area contributed by atoms with Crippen LogP contribution in [-0.4, -0.2) is 31.7 Å². The van der Waals surface area contributed by atoms with Crippen molar-refractivity contribution in [3.05, 3.63) is 95.6 Å². The number of nitrogens with one attached hydrogen (secondary N) is 1. The molecule has 3 aromatic carbocycles. The molecule has 1 N–H and O–H groups in total. The molecule has 0 saturated heterocycles. The van der Waals surface area contributed by atoms with Crippen LogP contribution in [0.25, 0.3) is 0 Å². The molecule has 31 heavy (non-hydrogen) atoms. The zero-order valence-electron chi connectivity index (χ0n) is 18.1. The van der Waals surface area contributed by atoms with Crippen LogP contribution in [0.15, 0.2) is 83.8 Å². The average Bonchev–Trinajstić information content (AvgIpc) is 2.77. The molecule has 0 unspecified atom stereocenters. The van der Waals surface area contributed by atoms with Crippen LogP contribution < -0.4 is 5.32 Å². The van der Waals surface area contributed by atoms with Crippen LogP contribution in [0.3, 0.4) is 0 Å². The van der Waals surface area contributed by atoms with Crippen molar-refractivity contribution in [2.75, 3.05) is 18.4 Å².